The lowest BCUT2D eigenvalue weighted by Gasteiger charge is -2.20. The number of halogens is 1. The average Bonchev–Trinajstić information content (AvgIpc) is 3.10. The van der Waals surface area contributed by atoms with Gasteiger partial charge in [0.15, 0.2) is 6.10 Å². The number of carbonyl (C=O) groups excluding carboxylic acids is 1. The van der Waals surface area contributed by atoms with Crippen LogP contribution in [0.2, 0.25) is 0 Å². The molecule has 1 amide bonds. The number of hydrogen-bond donors (Lipinski definition) is 0. The van der Waals surface area contributed by atoms with Crippen molar-refractivity contribution in [1.29, 1.82) is 0 Å². The van der Waals surface area contributed by atoms with Gasteiger partial charge in [0.1, 0.15) is 5.75 Å². The van der Waals surface area contributed by atoms with E-state index in [0.717, 1.165) is 10.0 Å². The summed E-state index contributed by atoms with van der Waals surface area (Å²) in [6.07, 6.45) is -0.616. The fourth-order valence-corrected chi connectivity index (χ4v) is 2.81. The van der Waals surface area contributed by atoms with E-state index in [1.54, 1.807) is 14.0 Å². The zero-order valence-electron chi connectivity index (χ0n) is 14.4. The number of aromatic nitrogens is 2. The molecule has 2 aromatic carbocycles. The van der Waals surface area contributed by atoms with E-state index in [4.69, 9.17) is 9.26 Å². The molecule has 0 aliphatic heterocycles. The molecule has 7 heteroatoms. The van der Waals surface area contributed by atoms with Gasteiger partial charge in [0, 0.05) is 17.1 Å². The molecule has 0 N–H and O–H groups in total. The maximum absolute atomic E-state index is 12.5. The van der Waals surface area contributed by atoms with Crippen LogP contribution in [0.15, 0.2) is 63.6 Å². The van der Waals surface area contributed by atoms with Crippen molar-refractivity contribution in [2.75, 3.05) is 7.05 Å². The summed E-state index contributed by atoms with van der Waals surface area (Å²) in [7, 11) is 1.68. The largest absolute Gasteiger partial charge is 0.481 e. The number of nitrogens with zero attached hydrogens (tertiary/aromatic N) is 3. The standard InChI is InChI=1S/C19H18BrN3O3/c1-13(25-16-9-4-3-5-10-16)19(24)23(2)12-17-21-18(22-26-17)14-7-6-8-15(20)11-14/h3-11,13H,12H2,1-2H3. The minimum atomic E-state index is -0.616. The summed E-state index contributed by atoms with van der Waals surface area (Å²) in [6, 6.07) is 16.8. The molecule has 1 heterocycles. The van der Waals surface area contributed by atoms with Crippen molar-refractivity contribution in [3.63, 3.8) is 0 Å². The molecular weight excluding hydrogens is 398 g/mol. The Kier molecular flexibility index (Phi) is 5.68. The predicted molar refractivity (Wildman–Crippen MR) is 100 cm³/mol. The Balaban J connectivity index is 1.62. The van der Waals surface area contributed by atoms with Crippen LogP contribution in [-0.2, 0) is 11.3 Å². The van der Waals surface area contributed by atoms with Crippen LogP contribution in [0, 0.1) is 0 Å². The molecule has 3 aromatic rings. The van der Waals surface area contributed by atoms with Crippen molar-refractivity contribution in [2.24, 2.45) is 0 Å². The molecule has 0 aliphatic carbocycles. The van der Waals surface area contributed by atoms with Crippen LogP contribution in [0.5, 0.6) is 5.75 Å². The maximum Gasteiger partial charge on any atom is 0.263 e. The first kappa shape index (κ1) is 18.1. The number of hydrogen-bond acceptors (Lipinski definition) is 5. The maximum atomic E-state index is 12.5. The summed E-state index contributed by atoms with van der Waals surface area (Å²) in [5.74, 6) is 1.33. The molecule has 0 aliphatic rings. The molecule has 1 unspecified atom stereocenters. The Morgan fingerprint density at radius 3 is 2.73 bits per heavy atom. The van der Waals surface area contributed by atoms with Gasteiger partial charge in [0.25, 0.3) is 5.91 Å². The Hall–Kier alpha value is -2.67. The van der Waals surface area contributed by atoms with Gasteiger partial charge in [-0.3, -0.25) is 4.79 Å². The smallest absolute Gasteiger partial charge is 0.263 e. The molecule has 1 aromatic heterocycles. The second-order valence-corrected chi connectivity index (χ2v) is 6.71. The topological polar surface area (TPSA) is 68.5 Å². The lowest BCUT2D eigenvalue weighted by atomic mass is 10.2. The minimum absolute atomic E-state index is 0.170. The Bertz CT molecular complexity index is 883. The van der Waals surface area contributed by atoms with Gasteiger partial charge in [0.05, 0.1) is 6.54 Å². The van der Waals surface area contributed by atoms with Gasteiger partial charge in [0.2, 0.25) is 11.7 Å². The third kappa shape index (κ3) is 4.49. The van der Waals surface area contributed by atoms with Crippen molar-refractivity contribution in [3.8, 4) is 17.1 Å². The number of carbonyl (C=O) groups is 1. The van der Waals surface area contributed by atoms with Crippen LogP contribution >= 0.6 is 15.9 Å². The zero-order valence-corrected chi connectivity index (χ0v) is 16.0. The fraction of sp³-hybridized carbons (Fsp3) is 0.211. The van der Waals surface area contributed by atoms with Crippen molar-refractivity contribution in [2.45, 2.75) is 19.6 Å². The van der Waals surface area contributed by atoms with Crippen LogP contribution in [-0.4, -0.2) is 34.1 Å². The highest BCUT2D eigenvalue weighted by Gasteiger charge is 2.21. The molecule has 26 heavy (non-hydrogen) atoms. The molecule has 134 valence electrons. The third-order valence-corrected chi connectivity index (χ3v) is 4.20. The van der Waals surface area contributed by atoms with E-state index in [1.165, 1.54) is 4.90 Å². The van der Waals surface area contributed by atoms with E-state index in [9.17, 15) is 4.79 Å². The highest BCUT2D eigenvalue weighted by Crippen LogP contribution is 2.20. The summed E-state index contributed by atoms with van der Waals surface area (Å²) in [4.78, 5) is 18.3. The monoisotopic (exact) mass is 415 g/mol. The van der Waals surface area contributed by atoms with Crippen molar-refractivity contribution in [1.82, 2.24) is 15.0 Å². The first-order chi connectivity index (χ1) is 12.5. The van der Waals surface area contributed by atoms with Gasteiger partial charge < -0.3 is 14.2 Å². The van der Waals surface area contributed by atoms with Gasteiger partial charge in [-0.05, 0) is 31.2 Å². The molecule has 3 rings (SSSR count). The molecule has 0 saturated carbocycles. The van der Waals surface area contributed by atoms with Crippen LogP contribution in [0.1, 0.15) is 12.8 Å². The van der Waals surface area contributed by atoms with E-state index >= 15 is 0 Å². The van der Waals surface area contributed by atoms with Crippen molar-refractivity contribution < 1.29 is 14.1 Å². The number of amides is 1. The Morgan fingerprint density at radius 1 is 1.23 bits per heavy atom. The Morgan fingerprint density at radius 2 is 2.00 bits per heavy atom. The quantitative estimate of drug-likeness (QED) is 0.609. The number of rotatable bonds is 6. The van der Waals surface area contributed by atoms with E-state index in [0.29, 0.717) is 17.5 Å². The van der Waals surface area contributed by atoms with E-state index in [-0.39, 0.29) is 12.5 Å². The molecule has 1 atom stereocenters. The minimum Gasteiger partial charge on any atom is -0.481 e. The van der Waals surface area contributed by atoms with Crippen molar-refractivity contribution >= 4 is 21.8 Å². The molecule has 0 fully saturated rings. The normalized spacial score (nSPS) is 11.8. The number of likely N-dealkylation sites (N-methyl/N-ethyl adjacent to an activating group) is 1. The van der Waals surface area contributed by atoms with Crippen LogP contribution in [0.3, 0.4) is 0 Å². The molecular formula is C19H18BrN3O3. The van der Waals surface area contributed by atoms with Gasteiger partial charge in [-0.2, -0.15) is 4.98 Å². The van der Waals surface area contributed by atoms with Crippen LogP contribution < -0.4 is 4.74 Å². The van der Waals surface area contributed by atoms with Gasteiger partial charge in [-0.1, -0.05) is 51.4 Å². The summed E-state index contributed by atoms with van der Waals surface area (Å²) >= 11 is 3.42. The number of para-hydroxylation sites is 1. The molecule has 0 radical (unpaired) electrons. The average molecular weight is 416 g/mol. The highest BCUT2D eigenvalue weighted by molar-refractivity contribution is 9.10. The van der Waals surface area contributed by atoms with Crippen molar-refractivity contribution in [3.05, 3.63) is 65.0 Å². The Labute approximate surface area is 159 Å². The first-order valence-corrected chi connectivity index (χ1v) is 8.87. The van der Waals surface area contributed by atoms with Gasteiger partial charge in [-0.15, -0.1) is 0 Å². The third-order valence-electron chi connectivity index (χ3n) is 3.70. The molecule has 0 saturated heterocycles. The molecule has 0 spiro atoms. The van der Waals surface area contributed by atoms with Gasteiger partial charge in [-0.25, -0.2) is 0 Å². The SMILES string of the molecule is CC(Oc1ccccc1)C(=O)N(C)Cc1nc(-c2cccc(Br)c2)no1. The van der Waals surface area contributed by atoms with E-state index < -0.39 is 6.10 Å². The molecule has 6 nitrogen and oxygen atoms in total. The first-order valence-electron chi connectivity index (χ1n) is 8.08. The summed E-state index contributed by atoms with van der Waals surface area (Å²) in [6.45, 7) is 1.93. The fourth-order valence-electron chi connectivity index (χ4n) is 2.41. The second-order valence-electron chi connectivity index (χ2n) is 5.79. The zero-order chi connectivity index (χ0) is 18.5. The summed E-state index contributed by atoms with van der Waals surface area (Å²) < 4.78 is 11.9. The van der Waals surface area contributed by atoms with Gasteiger partial charge >= 0.3 is 0 Å². The summed E-state index contributed by atoms with van der Waals surface area (Å²) in [5, 5.41) is 3.98. The lowest BCUT2D eigenvalue weighted by Crippen LogP contribution is -2.37. The lowest BCUT2D eigenvalue weighted by molar-refractivity contribution is -0.137. The van der Waals surface area contributed by atoms with Crippen LogP contribution in [0.25, 0.3) is 11.4 Å². The predicted octanol–water partition coefficient (Wildman–Crippen LogP) is 3.93. The van der Waals surface area contributed by atoms with E-state index in [2.05, 4.69) is 26.1 Å². The number of ether oxygens (including phenoxy) is 1. The molecule has 0 bridgehead atoms. The highest BCUT2D eigenvalue weighted by atomic mass is 79.9. The second kappa shape index (κ2) is 8.14. The van der Waals surface area contributed by atoms with E-state index in [1.807, 2.05) is 54.6 Å². The van der Waals surface area contributed by atoms with Crippen LogP contribution in [0.4, 0.5) is 0 Å². The summed E-state index contributed by atoms with van der Waals surface area (Å²) in [5.41, 5.74) is 0.837. The number of benzene rings is 2.